The summed E-state index contributed by atoms with van der Waals surface area (Å²) < 4.78 is 0. The molecule has 2 atom stereocenters. The molecule has 1 aliphatic heterocycles. The average molecular weight is 300 g/mol. The Hall–Kier alpha value is -0.0300. The molecule has 0 spiro atoms. The SMILES string of the molecule is CC(CN)C(=O)NCCN1CCCCC1C.Cl.Cl. The first-order valence-electron chi connectivity index (χ1n) is 6.37. The molecule has 3 N–H and O–H groups in total. The van der Waals surface area contributed by atoms with Crippen LogP contribution in [0.25, 0.3) is 0 Å². The van der Waals surface area contributed by atoms with Crippen molar-refractivity contribution in [3.63, 3.8) is 0 Å². The van der Waals surface area contributed by atoms with Crippen LogP contribution in [0.2, 0.25) is 0 Å². The lowest BCUT2D eigenvalue weighted by atomic mass is 10.0. The standard InChI is InChI=1S/C12H25N3O.2ClH/c1-10(9-13)12(16)14-6-8-15-7-4-3-5-11(15)2;;/h10-11H,3-9,13H2,1-2H3,(H,14,16);2*1H. The van der Waals surface area contributed by atoms with Gasteiger partial charge in [0.25, 0.3) is 0 Å². The van der Waals surface area contributed by atoms with Gasteiger partial charge in [-0.05, 0) is 26.3 Å². The molecule has 1 aliphatic rings. The third-order valence-corrected chi connectivity index (χ3v) is 3.44. The Morgan fingerprint density at radius 3 is 2.67 bits per heavy atom. The van der Waals surface area contributed by atoms with E-state index in [0.717, 1.165) is 13.1 Å². The number of nitrogens with two attached hydrogens (primary N) is 1. The van der Waals surface area contributed by atoms with Gasteiger partial charge in [0.05, 0.1) is 0 Å². The van der Waals surface area contributed by atoms with Crippen molar-refractivity contribution in [3.8, 4) is 0 Å². The fourth-order valence-corrected chi connectivity index (χ4v) is 2.09. The summed E-state index contributed by atoms with van der Waals surface area (Å²) in [4.78, 5) is 13.9. The normalized spacial score (nSPS) is 21.4. The van der Waals surface area contributed by atoms with E-state index in [0.29, 0.717) is 12.6 Å². The Bertz CT molecular complexity index is 229. The van der Waals surface area contributed by atoms with Crippen molar-refractivity contribution < 1.29 is 4.79 Å². The zero-order valence-electron chi connectivity index (χ0n) is 11.4. The van der Waals surface area contributed by atoms with Gasteiger partial charge >= 0.3 is 0 Å². The van der Waals surface area contributed by atoms with Gasteiger partial charge in [-0.1, -0.05) is 13.3 Å². The first-order chi connectivity index (χ1) is 7.65. The molecule has 6 heteroatoms. The lowest BCUT2D eigenvalue weighted by Gasteiger charge is -2.33. The third kappa shape index (κ3) is 6.78. The van der Waals surface area contributed by atoms with Crippen LogP contribution < -0.4 is 11.1 Å². The van der Waals surface area contributed by atoms with Crippen LogP contribution >= 0.6 is 24.8 Å². The molecule has 0 aromatic rings. The minimum atomic E-state index is -0.0706. The highest BCUT2D eigenvalue weighted by Crippen LogP contribution is 2.15. The van der Waals surface area contributed by atoms with Crippen LogP contribution in [0, 0.1) is 5.92 Å². The van der Waals surface area contributed by atoms with Crippen LogP contribution in [-0.4, -0.2) is 43.0 Å². The van der Waals surface area contributed by atoms with Crippen LogP contribution in [-0.2, 0) is 4.79 Å². The second-order valence-electron chi connectivity index (χ2n) is 4.81. The Balaban J connectivity index is 0. The third-order valence-electron chi connectivity index (χ3n) is 3.44. The molecule has 4 nitrogen and oxygen atoms in total. The summed E-state index contributed by atoms with van der Waals surface area (Å²) in [5.74, 6) is 0.00550. The lowest BCUT2D eigenvalue weighted by Crippen LogP contribution is -2.43. The predicted molar refractivity (Wildman–Crippen MR) is 80.6 cm³/mol. The van der Waals surface area contributed by atoms with Gasteiger partial charge in [-0.25, -0.2) is 0 Å². The number of hydrogen-bond donors (Lipinski definition) is 2. The van der Waals surface area contributed by atoms with Crippen molar-refractivity contribution in [1.82, 2.24) is 10.2 Å². The topological polar surface area (TPSA) is 58.4 Å². The number of likely N-dealkylation sites (tertiary alicyclic amines) is 1. The molecule has 1 saturated heterocycles. The van der Waals surface area contributed by atoms with Gasteiger partial charge in [0, 0.05) is 31.6 Å². The molecule has 110 valence electrons. The van der Waals surface area contributed by atoms with Crippen molar-refractivity contribution in [1.29, 1.82) is 0 Å². The van der Waals surface area contributed by atoms with Crippen LogP contribution in [0.4, 0.5) is 0 Å². The second-order valence-corrected chi connectivity index (χ2v) is 4.81. The zero-order chi connectivity index (χ0) is 12.0. The maximum absolute atomic E-state index is 11.5. The van der Waals surface area contributed by atoms with Crippen LogP contribution in [0.15, 0.2) is 0 Å². The maximum atomic E-state index is 11.5. The Kier molecular flexibility index (Phi) is 12.2. The largest absolute Gasteiger partial charge is 0.355 e. The monoisotopic (exact) mass is 299 g/mol. The van der Waals surface area contributed by atoms with Crippen molar-refractivity contribution in [2.45, 2.75) is 39.2 Å². The van der Waals surface area contributed by atoms with Crippen LogP contribution in [0.1, 0.15) is 33.1 Å². The quantitative estimate of drug-likeness (QED) is 0.807. The fraction of sp³-hybridized carbons (Fsp3) is 0.917. The first kappa shape index (κ1) is 20.3. The molecule has 0 saturated carbocycles. The van der Waals surface area contributed by atoms with Crippen molar-refractivity contribution in [2.24, 2.45) is 11.7 Å². The summed E-state index contributed by atoms with van der Waals surface area (Å²) in [6.07, 6.45) is 3.92. The van der Waals surface area contributed by atoms with Crippen LogP contribution in [0.5, 0.6) is 0 Å². The first-order valence-corrected chi connectivity index (χ1v) is 6.37. The molecule has 2 unspecified atom stereocenters. The van der Waals surface area contributed by atoms with E-state index in [1.54, 1.807) is 0 Å². The molecule has 0 aliphatic carbocycles. The summed E-state index contributed by atoms with van der Waals surface area (Å²) in [5, 5.41) is 2.94. The minimum Gasteiger partial charge on any atom is -0.355 e. The second kappa shape index (κ2) is 10.9. The molecule has 0 bridgehead atoms. The van der Waals surface area contributed by atoms with Gasteiger partial charge in [0.1, 0.15) is 0 Å². The molecule has 0 aromatic heterocycles. The van der Waals surface area contributed by atoms with E-state index in [9.17, 15) is 4.79 Å². The van der Waals surface area contributed by atoms with E-state index < -0.39 is 0 Å². The molecule has 1 fully saturated rings. The number of piperidine rings is 1. The minimum absolute atomic E-state index is 0. The Labute approximate surface area is 123 Å². The molecule has 1 heterocycles. The van der Waals surface area contributed by atoms with Crippen molar-refractivity contribution in [2.75, 3.05) is 26.2 Å². The number of nitrogens with one attached hydrogen (secondary N) is 1. The van der Waals surface area contributed by atoms with Gasteiger partial charge in [-0.2, -0.15) is 0 Å². The molecule has 18 heavy (non-hydrogen) atoms. The molecular formula is C12H27Cl2N3O. The van der Waals surface area contributed by atoms with Crippen LogP contribution in [0.3, 0.4) is 0 Å². The molecule has 1 amide bonds. The Morgan fingerprint density at radius 2 is 2.11 bits per heavy atom. The van der Waals surface area contributed by atoms with Gasteiger partial charge < -0.3 is 11.1 Å². The highest BCUT2D eigenvalue weighted by molar-refractivity contribution is 5.85. The number of rotatable bonds is 5. The summed E-state index contributed by atoms with van der Waals surface area (Å²) in [7, 11) is 0. The van der Waals surface area contributed by atoms with E-state index in [1.807, 2.05) is 6.92 Å². The fourth-order valence-electron chi connectivity index (χ4n) is 2.09. The van der Waals surface area contributed by atoms with Gasteiger partial charge in [-0.15, -0.1) is 24.8 Å². The van der Waals surface area contributed by atoms with E-state index >= 15 is 0 Å². The summed E-state index contributed by atoms with van der Waals surface area (Å²) in [6.45, 7) is 7.43. The summed E-state index contributed by atoms with van der Waals surface area (Å²) in [6, 6.07) is 0.664. The van der Waals surface area contributed by atoms with E-state index in [1.165, 1.54) is 25.8 Å². The van der Waals surface area contributed by atoms with E-state index in [4.69, 9.17) is 5.73 Å². The van der Waals surface area contributed by atoms with E-state index in [2.05, 4.69) is 17.1 Å². The smallest absolute Gasteiger partial charge is 0.224 e. The van der Waals surface area contributed by atoms with Crippen molar-refractivity contribution in [3.05, 3.63) is 0 Å². The molecular weight excluding hydrogens is 273 g/mol. The average Bonchev–Trinajstić information content (AvgIpc) is 2.30. The zero-order valence-corrected chi connectivity index (χ0v) is 13.0. The number of nitrogens with zero attached hydrogens (tertiary/aromatic N) is 1. The molecule has 1 rings (SSSR count). The summed E-state index contributed by atoms with van der Waals surface area (Å²) in [5.41, 5.74) is 5.44. The number of hydrogen-bond acceptors (Lipinski definition) is 3. The highest BCUT2D eigenvalue weighted by atomic mass is 35.5. The van der Waals surface area contributed by atoms with E-state index in [-0.39, 0.29) is 36.6 Å². The summed E-state index contributed by atoms with van der Waals surface area (Å²) >= 11 is 0. The van der Waals surface area contributed by atoms with Gasteiger partial charge in [0.15, 0.2) is 0 Å². The Morgan fingerprint density at radius 1 is 1.44 bits per heavy atom. The number of amides is 1. The molecule has 0 aromatic carbocycles. The molecule has 0 radical (unpaired) electrons. The highest BCUT2D eigenvalue weighted by Gasteiger charge is 2.18. The van der Waals surface area contributed by atoms with Crippen molar-refractivity contribution >= 4 is 30.7 Å². The number of carbonyl (C=O) groups excluding carboxylic acids is 1. The van der Waals surface area contributed by atoms with Gasteiger partial charge in [0.2, 0.25) is 5.91 Å². The lowest BCUT2D eigenvalue weighted by molar-refractivity contribution is -0.124. The maximum Gasteiger partial charge on any atom is 0.224 e. The van der Waals surface area contributed by atoms with Gasteiger partial charge in [-0.3, -0.25) is 9.69 Å². The number of carbonyl (C=O) groups is 1. The number of halogens is 2. The predicted octanol–water partition coefficient (Wildman–Crippen LogP) is 1.42.